The molecule has 4 nitrogen and oxygen atoms in total. The van der Waals surface area contributed by atoms with E-state index in [-0.39, 0.29) is 0 Å². The average Bonchev–Trinajstić information content (AvgIpc) is 1.83. The summed E-state index contributed by atoms with van der Waals surface area (Å²) in [6.45, 7) is 1.87. The Morgan fingerprint density at radius 3 is 2.10 bits per heavy atom. The fourth-order valence-electron chi connectivity index (χ4n) is 0.491. The van der Waals surface area contributed by atoms with Gasteiger partial charge in [0.15, 0.2) is 5.78 Å². The number of aliphatic hydroxyl groups excluding tert-OH is 2. The van der Waals surface area contributed by atoms with E-state index in [1.54, 1.807) is 0 Å². The first-order valence-electron chi connectivity index (χ1n) is 2.95. The number of Topliss-reactive ketones (excluding diaryl/α,β-unsaturated/α-hetero) is 1. The Labute approximate surface area is 59.1 Å². The van der Waals surface area contributed by atoms with Gasteiger partial charge in [-0.2, -0.15) is 0 Å². The van der Waals surface area contributed by atoms with Crippen molar-refractivity contribution < 1.29 is 20.1 Å². The summed E-state index contributed by atoms with van der Waals surface area (Å²) < 4.78 is 0. The lowest BCUT2D eigenvalue weighted by molar-refractivity contribution is -0.144. The first-order chi connectivity index (χ1) is 4.39. The van der Waals surface area contributed by atoms with Crippen LogP contribution >= 0.6 is 0 Å². The molecule has 0 aromatic heterocycles. The van der Waals surface area contributed by atoms with Crippen molar-refractivity contribution >= 4 is 5.78 Å². The molecule has 3 N–H and O–H groups in total. The van der Waals surface area contributed by atoms with E-state index in [9.17, 15) is 4.79 Å². The van der Waals surface area contributed by atoms with Gasteiger partial charge in [-0.3, -0.25) is 4.79 Å². The molecule has 0 aliphatic heterocycles. The van der Waals surface area contributed by atoms with Gasteiger partial charge in [0.05, 0.1) is 6.61 Å². The molecular weight excluding hydrogens is 136 g/mol. The molecule has 10 heavy (non-hydrogen) atoms. The van der Waals surface area contributed by atoms with E-state index < -0.39 is 24.1 Å². The monoisotopic (exact) mass is 148 g/mol. The predicted octanol–water partition coefficient (Wildman–Crippen LogP) is -1.32. The zero-order valence-corrected chi connectivity index (χ0v) is 6.03. The number of hydrogen-bond donors (Lipinski definition) is 3. The van der Waals surface area contributed by atoms with Gasteiger partial charge in [0.1, 0.15) is 11.7 Å². The van der Waals surface area contributed by atoms with Gasteiger partial charge in [0.25, 0.3) is 0 Å². The van der Waals surface area contributed by atoms with Crippen molar-refractivity contribution in [3.8, 4) is 0 Å². The van der Waals surface area contributed by atoms with Crippen LogP contribution in [0.25, 0.3) is 0 Å². The lowest BCUT2D eigenvalue weighted by atomic mass is 10.00. The predicted molar refractivity (Wildman–Crippen MR) is 34.4 cm³/mol. The molecule has 0 aliphatic rings. The SMILES string of the molecule is CC(C)(O)C(=O)C(O)CO. The van der Waals surface area contributed by atoms with Crippen molar-refractivity contribution in [2.45, 2.75) is 25.6 Å². The summed E-state index contributed by atoms with van der Waals surface area (Å²) in [5.41, 5.74) is -1.57. The summed E-state index contributed by atoms with van der Waals surface area (Å²) in [6, 6.07) is 0. The van der Waals surface area contributed by atoms with E-state index in [0.717, 1.165) is 0 Å². The minimum atomic E-state index is -1.57. The van der Waals surface area contributed by atoms with Crippen LogP contribution in [-0.2, 0) is 4.79 Å². The smallest absolute Gasteiger partial charge is 0.194 e. The Morgan fingerprint density at radius 2 is 2.00 bits per heavy atom. The van der Waals surface area contributed by atoms with Crippen molar-refractivity contribution in [2.24, 2.45) is 0 Å². The summed E-state index contributed by atoms with van der Waals surface area (Å²) in [4.78, 5) is 10.7. The lowest BCUT2D eigenvalue weighted by Gasteiger charge is -2.17. The van der Waals surface area contributed by atoms with Gasteiger partial charge < -0.3 is 15.3 Å². The van der Waals surface area contributed by atoms with Gasteiger partial charge in [-0.1, -0.05) is 0 Å². The second-order valence-electron chi connectivity index (χ2n) is 2.62. The maximum Gasteiger partial charge on any atom is 0.194 e. The van der Waals surface area contributed by atoms with Gasteiger partial charge in [0.2, 0.25) is 0 Å². The molecule has 0 saturated carbocycles. The van der Waals surface area contributed by atoms with E-state index in [4.69, 9.17) is 15.3 Å². The largest absolute Gasteiger partial charge is 0.393 e. The Kier molecular flexibility index (Phi) is 2.96. The zero-order chi connectivity index (χ0) is 8.36. The van der Waals surface area contributed by atoms with Gasteiger partial charge in [-0.25, -0.2) is 0 Å². The molecule has 0 aromatic carbocycles. The molecule has 0 aromatic rings. The van der Waals surface area contributed by atoms with Crippen LogP contribution in [0.5, 0.6) is 0 Å². The molecule has 1 atom stereocenters. The summed E-state index contributed by atoms with van der Waals surface area (Å²) in [6.07, 6.45) is -1.47. The number of hydrogen-bond acceptors (Lipinski definition) is 4. The molecule has 0 radical (unpaired) electrons. The molecule has 4 heteroatoms. The molecule has 0 aliphatic carbocycles. The van der Waals surface area contributed by atoms with Gasteiger partial charge in [-0.05, 0) is 13.8 Å². The maximum atomic E-state index is 10.7. The normalized spacial score (nSPS) is 14.9. The van der Waals surface area contributed by atoms with Crippen LogP contribution in [0.2, 0.25) is 0 Å². The van der Waals surface area contributed by atoms with E-state index >= 15 is 0 Å². The lowest BCUT2D eigenvalue weighted by Crippen LogP contribution is -2.41. The first-order valence-corrected chi connectivity index (χ1v) is 2.95. The highest BCUT2D eigenvalue weighted by molar-refractivity contribution is 5.90. The molecule has 0 fully saturated rings. The fraction of sp³-hybridized carbons (Fsp3) is 0.833. The summed E-state index contributed by atoms with van der Waals surface area (Å²) >= 11 is 0. The third kappa shape index (κ3) is 2.43. The Hall–Kier alpha value is -0.450. The van der Waals surface area contributed by atoms with Gasteiger partial charge in [-0.15, -0.1) is 0 Å². The molecule has 0 bridgehead atoms. The third-order valence-electron chi connectivity index (χ3n) is 1.08. The average molecular weight is 148 g/mol. The number of aliphatic hydroxyl groups is 3. The number of rotatable bonds is 3. The van der Waals surface area contributed by atoms with Crippen LogP contribution in [-0.4, -0.2) is 39.4 Å². The van der Waals surface area contributed by atoms with Crippen LogP contribution in [0.4, 0.5) is 0 Å². The highest BCUT2D eigenvalue weighted by atomic mass is 16.3. The molecule has 0 saturated heterocycles. The maximum absolute atomic E-state index is 10.7. The first kappa shape index (κ1) is 9.55. The summed E-state index contributed by atoms with van der Waals surface area (Å²) in [7, 11) is 0. The van der Waals surface area contributed by atoms with Gasteiger partial charge in [0, 0.05) is 0 Å². The number of carbonyl (C=O) groups excluding carboxylic acids is 1. The zero-order valence-electron chi connectivity index (χ0n) is 6.03. The molecule has 60 valence electrons. The molecule has 0 amide bonds. The van der Waals surface area contributed by atoms with E-state index in [2.05, 4.69) is 0 Å². The Bertz CT molecular complexity index is 124. The van der Waals surface area contributed by atoms with Crippen molar-refractivity contribution in [3.63, 3.8) is 0 Å². The third-order valence-corrected chi connectivity index (χ3v) is 1.08. The van der Waals surface area contributed by atoms with Crippen molar-refractivity contribution in [2.75, 3.05) is 6.61 Å². The van der Waals surface area contributed by atoms with Gasteiger partial charge >= 0.3 is 0 Å². The highest BCUT2D eigenvalue weighted by Gasteiger charge is 2.29. The molecule has 0 heterocycles. The topological polar surface area (TPSA) is 77.8 Å². The van der Waals surface area contributed by atoms with E-state index in [1.807, 2.05) is 0 Å². The van der Waals surface area contributed by atoms with Crippen LogP contribution in [0.3, 0.4) is 0 Å². The van der Waals surface area contributed by atoms with E-state index in [0.29, 0.717) is 0 Å². The highest BCUT2D eigenvalue weighted by Crippen LogP contribution is 2.05. The molecule has 1 unspecified atom stereocenters. The summed E-state index contributed by atoms with van der Waals surface area (Å²) in [5.74, 6) is -0.769. The van der Waals surface area contributed by atoms with Crippen LogP contribution < -0.4 is 0 Å². The molecule has 0 spiro atoms. The molecule has 0 rings (SSSR count). The minimum absolute atomic E-state index is 0.650. The standard InChI is InChI=1S/C6H12O4/c1-6(2,10)5(9)4(8)3-7/h4,7-8,10H,3H2,1-2H3. The molecular formula is C6H12O4. The summed E-state index contributed by atoms with van der Waals surface area (Å²) in [5, 5.41) is 26.0. The number of carbonyl (C=O) groups is 1. The van der Waals surface area contributed by atoms with Crippen LogP contribution in [0.1, 0.15) is 13.8 Å². The minimum Gasteiger partial charge on any atom is -0.393 e. The second-order valence-corrected chi connectivity index (χ2v) is 2.62. The van der Waals surface area contributed by atoms with Crippen molar-refractivity contribution in [1.29, 1.82) is 0 Å². The van der Waals surface area contributed by atoms with Crippen molar-refractivity contribution in [3.05, 3.63) is 0 Å². The Balaban J connectivity index is 4.09. The quantitative estimate of drug-likeness (QED) is 0.464. The van der Waals surface area contributed by atoms with Crippen LogP contribution in [0.15, 0.2) is 0 Å². The van der Waals surface area contributed by atoms with Crippen LogP contribution in [0, 0.1) is 0 Å². The number of ketones is 1. The Morgan fingerprint density at radius 1 is 1.60 bits per heavy atom. The van der Waals surface area contributed by atoms with Crippen molar-refractivity contribution in [1.82, 2.24) is 0 Å². The second kappa shape index (κ2) is 3.09. The van der Waals surface area contributed by atoms with E-state index in [1.165, 1.54) is 13.8 Å². The fourth-order valence-corrected chi connectivity index (χ4v) is 0.491.